The van der Waals surface area contributed by atoms with Gasteiger partial charge in [0.25, 0.3) is 0 Å². The van der Waals surface area contributed by atoms with E-state index >= 15 is 0 Å². The van der Waals surface area contributed by atoms with E-state index in [0.717, 1.165) is 0 Å². The summed E-state index contributed by atoms with van der Waals surface area (Å²) >= 11 is 0. The van der Waals surface area contributed by atoms with Crippen molar-refractivity contribution >= 4 is 11.8 Å². The molecule has 1 atom stereocenters. The molecule has 1 aromatic rings. The van der Waals surface area contributed by atoms with Crippen molar-refractivity contribution in [3.63, 3.8) is 0 Å². The predicted octanol–water partition coefficient (Wildman–Crippen LogP) is 2.53. The van der Waals surface area contributed by atoms with E-state index in [9.17, 15) is 9.59 Å². The number of furan rings is 1. The molecule has 0 amide bonds. The maximum atomic E-state index is 12.4. The van der Waals surface area contributed by atoms with Crippen LogP contribution in [0.1, 0.15) is 42.6 Å². The summed E-state index contributed by atoms with van der Waals surface area (Å²) in [4.78, 5) is 24.4. The van der Waals surface area contributed by atoms with Crippen LogP contribution in [-0.2, 0) is 16.0 Å². The molecule has 4 heteroatoms. The van der Waals surface area contributed by atoms with Gasteiger partial charge in [-0.15, -0.1) is 0 Å². The Morgan fingerprint density at radius 3 is 2.83 bits per heavy atom. The van der Waals surface area contributed by atoms with Crippen LogP contribution in [0.15, 0.2) is 10.5 Å². The molecule has 0 N–H and O–H groups in total. The van der Waals surface area contributed by atoms with E-state index in [1.807, 2.05) is 13.8 Å². The molecule has 1 aromatic heterocycles. The van der Waals surface area contributed by atoms with Gasteiger partial charge < -0.3 is 9.15 Å². The van der Waals surface area contributed by atoms with Crippen molar-refractivity contribution in [2.45, 2.75) is 34.1 Å². The summed E-state index contributed by atoms with van der Waals surface area (Å²) in [5.41, 5.74) is 0.0607. The molecule has 18 heavy (non-hydrogen) atoms. The molecule has 2 rings (SSSR count). The monoisotopic (exact) mass is 250 g/mol. The highest BCUT2D eigenvalue weighted by molar-refractivity contribution is 6.10. The lowest BCUT2D eigenvalue weighted by Crippen LogP contribution is -2.43. The minimum absolute atomic E-state index is 0.184. The zero-order valence-corrected chi connectivity index (χ0v) is 11.2. The Labute approximate surface area is 106 Å². The number of aryl methyl sites for hydroxylation is 1. The molecule has 0 aromatic carbocycles. The molecular weight excluding hydrogens is 232 g/mol. The number of hydrogen-bond acceptors (Lipinski definition) is 4. The normalized spacial score (nSPS) is 21.6. The van der Waals surface area contributed by atoms with Crippen LogP contribution < -0.4 is 0 Å². The number of Topliss-reactive ketones (excluding diaryl/α,β-unsaturated/α-hetero) is 1. The van der Waals surface area contributed by atoms with E-state index in [1.54, 1.807) is 19.9 Å². The smallest absolute Gasteiger partial charge is 0.317 e. The standard InChI is InChI=1S/C14H18O4/c1-5-17-13(16)11-12(15)9-6-8(2)18-10(9)7-14(11,3)4/h6,11H,5,7H2,1-4H3. The average molecular weight is 250 g/mol. The van der Waals surface area contributed by atoms with Gasteiger partial charge in [-0.1, -0.05) is 13.8 Å². The van der Waals surface area contributed by atoms with Crippen LogP contribution in [-0.4, -0.2) is 18.4 Å². The Bertz CT molecular complexity index is 496. The minimum Gasteiger partial charge on any atom is -0.466 e. The van der Waals surface area contributed by atoms with Gasteiger partial charge >= 0.3 is 5.97 Å². The molecule has 0 bridgehead atoms. The van der Waals surface area contributed by atoms with Gasteiger partial charge in [0.2, 0.25) is 0 Å². The second-order valence-corrected chi connectivity index (χ2v) is 5.41. The number of esters is 1. The van der Waals surface area contributed by atoms with Crippen molar-refractivity contribution in [1.29, 1.82) is 0 Å². The highest BCUT2D eigenvalue weighted by Crippen LogP contribution is 2.41. The van der Waals surface area contributed by atoms with Gasteiger partial charge in [0.1, 0.15) is 17.4 Å². The van der Waals surface area contributed by atoms with E-state index < -0.39 is 17.3 Å². The van der Waals surface area contributed by atoms with Crippen LogP contribution >= 0.6 is 0 Å². The Morgan fingerprint density at radius 2 is 2.22 bits per heavy atom. The largest absolute Gasteiger partial charge is 0.466 e. The molecule has 98 valence electrons. The highest BCUT2D eigenvalue weighted by atomic mass is 16.5. The molecule has 0 saturated carbocycles. The third-order valence-electron chi connectivity index (χ3n) is 3.38. The van der Waals surface area contributed by atoms with Gasteiger partial charge in [-0.3, -0.25) is 9.59 Å². The zero-order valence-electron chi connectivity index (χ0n) is 11.2. The first-order chi connectivity index (χ1) is 8.36. The van der Waals surface area contributed by atoms with Gasteiger partial charge in [-0.25, -0.2) is 0 Å². The second kappa shape index (κ2) is 4.26. The van der Waals surface area contributed by atoms with Crippen molar-refractivity contribution in [2.75, 3.05) is 6.61 Å². The topological polar surface area (TPSA) is 56.5 Å². The molecular formula is C14H18O4. The van der Waals surface area contributed by atoms with E-state index in [2.05, 4.69) is 0 Å². The molecule has 0 saturated heterocycles. The number of hydrogen-bond donors (Lipinski definition) is 0. The molecule has 1 heterocycles. The number of fused-ring (bicyclic) bond motifs is 1. The summed E-state index contributed by atoms with van der Waals surface area (Å²) in [5.74, 6) is 0.0345. The molecule has 0 spiro atoms. The van der Waals surface area contributed by atoms with Crippen LogP contribution in [0.2, 0.25) is 0 Å². The Balaban J connectivity index is 2.42. The highest BCUT2D eigenvalue weighted by Gasteiger charge is 2.48. The quantitative estimate of drug-likeness (QED) is 0.598. The number of ketones is 1. The van der Waals surface area contributed by atoms with Crippen LogP contribution in [0.4, 0.5) is 0 Å². The number of carbonyl (C=O) groups excluding carboxylic acids is 2. The van der Waals surface area contributed by atoms with Crippen LogP contribution in [0.5, 0.6) is 0 Å². The van der Waals surface area contributed by atoms with Gasteiger partial charge in [-0.2, -0.15) is 0 Å². The average Bonchev–Trinajstić information content (AvgIpc) is 2.57. The summed E-state index contributed by atoms with van der Waals surface area (Å²) in [6.45, 7) is 7.63. The number of ether oxygens (including phenoxy) is 1. The van der Waals surface area contributed by atoms with Crippen LogP contribution in [0, 0.1) is 18.3 Å². The Kier molecular flexibility index (Phi) is 3.05. The summed E-state index contributed by atoms with van der Waals surface area (Å²) in [6.07, 6.45) is 0.575. The van der Waals surface area contributed by atoms with Crippen LogP contribution in [0.3, 0.4) is 0 Å². The third kappa shape index (κ3) is 1.96. The summed E-state index contributed by atoms with van der Waals surface area (Å²) in [6, 6.07) is 1.71. The molecule has 0 aliphatic heterocycles. The van der Waals surface area contributed by atoms with E-state index in [-0.39, 0.29) is 12.4 Å². The van der Waals surface area contributed by atoms with Gasteiger partial charge in [0.05, 0.1) is 12.2 Å². The first kappa shape index (κ1) is 12.9. The fourth-order valence-corrected chi connectivity index (χ4v) is 2.58. The van der Waals surface area contributed by atoms with E-state index in [4.69, 9.17) is 9.15 Å². The summed E-state index contributed by atoms with van der Waals surface area (Å²) in [5, 5.41) is 0. The summed E-state index contributed by atoms with van der Waals surface area (Å²) < 4.78 is 10.5. The molecule has 1 unspecified atom stereocenters. The van der Waals surface area contributed by atoms with Gasteiger partial charge in [0.15, 0.2) is 5.78 Å². The molecule has 0 radical (unpaired) electrons. The summed E-state index contributed by atoms with van der Waals surface area (Å²) in [7, 11) is 0. The Hall–Kier alpha value is -1.58. The van der Waals surface area contributed by atoms with E-state index in [0.29, 0.717) is 23.5 Å². The maximum absolute atomic E-state index is 12.4. The number of rotatable bonds is 2. The SMILES string of the molecule is CCOC(=O)C1C(=O)c2cc(C)oc2CC1(C)C. The molecule has 1 aliphatic carbocycles. The zero-order chi connectivity index (χ0) is 13.5. The third-order valence-corrected chi connectivity index (χ3v) is 3.38. The fraction of sp³-hybridized carbons (Fsp3) is 0.571. The lowest BCUT2D eigenvalue weighted by Gasteiger charge is -2.34. The predicted molar refractivity (Wildman–Crippen MR) is 65.4 cm³/mol. The first-order valence-corrected chi connectivity index (χ1v) is 6.17. The van der Waals surface area contributed by atoms with Crippen molar-refractivity contribution in [2.24, 2.45) is 11.3 Å². The van der Waals surface area contributed by atoms with Crippen molar-refractivity contribution in [1.82, 2.24) is 0 Å². The second-order valence-electron chi connectivity index (χ2n) is 5.41. The maximum Gasteiger partial charge on any atom is 0.317 e. The minimum atomic E-state index is -0.734. The van der Waals surface area contributed by atoms with Gasteiger partial charge in [0, 0.05) is 6.42 Å². The van der Waals surface area contributed by atoms with Crippen molar-refractivity contribution in [3.8, 4) is 0 Å². The molecule has 1 aliphatic rings. The van der Waals surface area contributed by atoms with Crippen LogP contribution in [0.25, 0.3) is 0 Å². The molecule has 0 fully saturated rings. The fourth-order valence-electron chi connectivity index (χ4n) is 2.58. The van der Waals surface area contributed by atoms with Crippen molar-refractivity contribution < 1.29 is 18.7 Å². The Morgan fingerprint density at radius 1 is 1.56 bits per heavy atom. The van der Waals surface area contributed by atoms with E-state index in [1.165, 1.54) is 0 Å². The lowest BCUT2D eigenvalue weighted by atomic mass is 9.68. The van der Waals surface area contributed by atoms with Crippen molar-refractivity contribution in [3.05, 3.63) is 23.2 Å². The number of carbonyl (C=O) groups is 2. The molecule has 4 nitrogen and oxygen atoms in total. The first-order valence-electron chi connectivity index (χ1n) is 6.17. The lowest BCUT2D eigenvalue weighted by molar-refractivity contribution is -0.149. The van der Waals surface area contributed by atoms with Gasteiger partial charge in [-0.05, 0) is 25.3 Å².